The van der Waals surface area contributed by atoms with Gasteiger partial charge in [0, 0.05) is 5.02 Å². The fourth-order valence-electron chi connectivity index (χ4n) is 2.38. The molecule has 0 saturated carbocycles. The lowest BCUT2D eigenvalue weighted by molar-refractivity contribution is 0.871. The number of nitrogens with two attached hydrogens (primary N) is 1. The molecule has 1 atom stereocenters. The maximum atomic E-state index is 11.3. The summed E-state index contributed by atoms with van der Waals surface area (Å²) < 4.78 is 0. The largest absolute Gasteiger partial charge is 0.323 e. The van der Waals surface area contributed by atoms with E-state index in [1.54, 1.807) is 0 Å². The number of aromatic nitrogens is 2. The third kappa shape index (κ3) is 2.35. The van der Waals surface area contributed by atoms with Crippen LogP contribution in [0.3, 0.4) is 0 Å². The summed E-state index contributed by atoms with van der Waals surface area (Å²) in [7, 11) is 0. The number of imidazole rings is 1. The van der Waals surface area contributed by atoms with E-state index in [4.69, 9.17) is 17.3 Å². The van der Waals surface area contributed by atoms with Crippen LogP contribution in [0, 0.1) is 6.92 Å². The van der Waals surface area contributed by atoms with Crippen LogP contribution in [0.25, 0.3) is 11.0 Å². The molecule has 1 aromatic heterocycles. The van der Waals surface area contributed by atoms with Crippen molar-refractivity contribution in [2.45, 2.75) is 13.0 Å². The molecule has 4 N–H and O–H groups in total. The van der Waals surface area contributed by atoms with Gasteiger partial charge < -0.3 is 15.7 Å². The normalized spacial score (nSPS) is 12.8. The molecule has 0 fully saturated rings. The number of hydrogen-bond donors (Lipinski definition) is 3. The van der Waals surface area contributed by atoms with Crippen molar-refractivity contribution in [2.75, 3.05) is 0 Å². The molecule has 2 aromatic carbocycles. The van der Waals surface area contributed by atoms with Gasteiger partial charge in [0.05, 0.1) is 17.1 Å². The minimum atomic E-state index is -0.282. The van der Waals surface area contributed by atoms with Gasteiger partial charge in [0.15, 0.2) is 0 Å². The predicted octanol–water partition coefficient (Wildman–Crippen LogP) is 2.87. The molecule has 0 aliphatic heterocycles. The lowest BCUT2D eigenvalue weighted by Gasteiger charge is -2.14. The van der Waals surface area contributed by atoms with Gasteiger partial charge in [-0.15, -0.1) is 0 Å². The van der Waals surface area contributed by atoms with Gasteiger partial charge in [0.2, 0.25) is 0 Å². The molecule has 0 amide bonds. The smallest absolute Gasteiger partial charge is 0.320 e. The second-order valence-electron chi connectivity index (χ2n) is 4.92. The Morgan fingerprint density at radius 1 is 1.05 bits per heavy atom. The number of benzene rings is 2. The van der Waals surface area contributed by atoms with Crippen LogP contribution in [0.15, 0.2) is 41.2 Å². The lowest BCUT2D eigenvalue weighted by atomic mass is 9.98. The van der Waals surface area contributed by atoms with E-state index in [0.717, 1.165) is 27.7 Å². The van der Waals surface area contributed by atoms with Crippen molar-refractivity contribution in [1.82, 2.24) is 9.97 Å². The molecular formula is C15H14ClN3O. The van der Waals surface area contributed by atoms with E-state index >= 15 is 0 Å². The van der Waals surface area contributed by atoms with E-state index in [-0.39, 0.29) is 11.7 Å². The van der Waals surface area contributed by atoms with Crippen molar-refractivity contribution in [1.29, 1.82) is 0 Å². The number of fused-ring (bicyclic) bond motifs is 1. The summed E-state index contributed by atoms with van der Waals surface area (Å²) in [5.74, 6) is 0. The highest BCUT2D eigenvalue weighted by molar-refractivity contribution is 6.30. The van der Waals surface area contributed by atoms with Gasteiger partial charge in [-0.3, -0.25) is 0 Å². The molecule has 0 saturated heterocycles. The maximum absolute atomic E-state index is 11.3. The van der Waals surface area contributed by atoms with E-state index in [1.165, 1.54) is 0 Å². The number of halogens is 1. The van der Waals surface area contributed by atoms with Crippen molar-refractivity contribution in [2.24, 2.45) is 5.73 Å². The van der Waals surface area contributed by atoms with E-state index in [9.17, 15) is 4.79 Å². The molecule has 0 aliphatic rings. The predicted molar refractivity (Wildman–Crippen MR) is 81.1 cm³/mol. The summed E-state index contributed by atoms with van der Waals surface area (Å²) in [5, 5.41) is 0.673. The molecule has 102 valence electrons. The first kappa shape index (κ1) is 13.0. The van der Waals surface area contributed by atoms with Crippen LogP contribution in [0.5, 0.6) is 0 Å². The third-order valence-corrected chi connectivity index (χ3v) is 3.54. The topological polar surface area (TPSA) is 74.7 Å². The standard InChI is InChI=1S/C15H14ClN3O/c1-8-4-10(6-11(16)5-8)14(17)9-2-3-12-13(7-9)19-15(20)18-12/h2-7,14H,17H2,1H3,(H2,18,19,20). The van der Waals surface area contributed by atoms with Crippen LogP contribution < -0.4 is 11.4 Å². The molecule has 1 heterocycles. The van der Waals surface area contributed by atoms with Gasteiger partial charge in [-0.2, -0.15) is 0 Å². The lowest BCUT2D eigenvalue weighted by Crippen LogP contribution is -2.12. The average Bonchev–Trinajstić information content (AvgIpc) is 2.75. The Bertz CT molecular complexity index is 814. The number of H-pyrrole nitrogens is 2. The molecule has 4 nitrogen and oxygen atoms in total. The highest BCUT2D eigenvalue weighted by Crippen LogP contribution is 2.25. The van der Waals surface area contributed by atoms with Crippen LogP contribution in [-0.2, 0) is 0 Å². The van der Waals surface area contributed by atoms with E-state index in [0.29, 0.717) is 5.02 Å². The molecule has 1 unspecified atom stereocenters. The van der Waals surface area contributed by atoms with Crippen LogP contribution in [0.1, 0.15) is 22.7 Å². The molecule has 3 aromatic rings. The zero-order chi connectivity index (χ0) is 14.3. The second-order valence-corrected chi connectivity index (χ2v) is 5.36. The quantitative estimate of drug-likeness (QED) is 0.678. The Labute approximate surface area is 120 Å². The van der Waals surface area contributed by atoms with E-state index < -0.39 is 0 Å². The Balaban J connectivity index is 2.06. The number of aryl methyl sites for hydroxylation is 1. The number of aromatic amines is 2. The third-order valence-electron chi connectivity index (χ3n) is 3.32. The Kier molecular flexibility index (Phi) is 3.12. The highest BCUT2D eigenvalue weighted by atomic mass is 35.5. The summed E-state index contributed by atoms with van der Waals surface area (Å²) in [6, 6.07) is 11.1. The maximum Gasteiger partial charge on any atom is 0.323 e. The monoisotopic (exact) mass is 287 g/mol. The second kappa shape index (κ2) is 4.81. The van der Waals surface area contributed by atoms with Crippen molar-refractivity contribution < 1.29 is 0 Å². The summed E-state index contributed by atoms with van der Waals surface area (Å²) in [6.07, 6.45) is 0. The molecule has 0 bridgehead atoms. The minimum absolute atomic E-state index is 0.218. The van der Waals surface area contributed by atoms with Crippen LogP contribution >= 0.6 is 11.6 Å². The Morgan fingerprint density at radius 3 is 2.55 bits per heavy atom. The fraction of sp³-hybridized carbons (Fsp3) is 0.133. The van der Waals surface area contributed by atoms with Crippen molar-refractivity contribution >= 4 is 22.6 Å². The van der Waals surface area contributed by atoms with Gasteiger partial charge >= 0.3 is 5.69 Å². The first-order chi connectivity index (χ1) is 9.52. The van der Waals surface area contributed by atoms with Crippen molar-refractivity contribution in [3.63, 3.8) is 0 Å². The number of hydrogen-bond acceptors (Lipinski definition) is 2. The number of rotatable bonds is 2. The first-order valence-electron chi connectivity index (χ1n) is 6.27. The molecule has 5 heteroatoms. The first-order valence-corrected chi connectivity index (χ1v) is 6.65. The summed E-state index contributed by atoms with van der Waals surface area (Å²) >= 11 is 6.07. The van der Waals surface area contributed by atoms with E-state index in [2.05, 4.69) is 9.97 Å². The molecule has 0 radical (unpaired) electrons. The Morgan fingerprint density at radius 2 is 1.80 bits per heavy atom. The molecular weight excluding hydrogens is 274 g/mol. The molecule has 0 spiro atoms. The summed E-state index contributed by atoms with van der Waals surface area (Å²) in [6.45, 7) is 1.98. The van der Waals surface area contributed by atoms with Crippen molar-refractivity contribution in [3.05, 3.63) is 68.6 Å². The van der Waals surface area contributed by atoms with Crippen LogP contribution in [0.4, 0.5) is 0 Å². The molecule has 0 aliphatic carbocycles. The van der Waals surface area contributed by atoms with Gasteiger partial charge in [-0.25, -0.2) is 4.79 Å². The average molecular weight is 288 g/mol. The molecule has 3 rings (SSSR count). The van der Waals surface area contributed by atoms with Crippen molar-refractivity contribution in [3.8, 4) is 0 Å². The Hall–Kier alpha value is -2.04. The zero-order valence-electron chi connectivity index (χ0n) is 10.9. The van der Waals surface area contributed by atoms with Gasteiger partial charge in [0.25, 0.3) is 0 Å². The SMILES string of the molecule is Cc1cc(Cl)cc(C(N)c2ccc3[nH]c(=O)[nH]c3c2)c1. The van der Waals surface area contributed by atoms with Crippen LogP contribution in [-0.4, -0.2) is 9.97 Å². The van der Waals surface area contributed by atoms with Gasteiger partial charge in [0.1, 0.15) is 0 Å². The van der Waals surface area contributed by atoms with E-state index in [1.807, 2.05) is 43.3 Å². The highest BCUT2D eigenvalue weighted by Gasteiger charge is 2.11. The van der Waals surface area contributed by atoms with Gasteiger partial charge in [-0.05, 0) is 47.9 Å². The fourth-order valence-corrected chi connectivity index (χ4v) is 2.68. The summed E-state index contributed by atoms with van der Waals surface area (Å²) in [4.78, 5) is 16.7. The zero-order valence-corrected chi connectivity index (χ0v) is 11.7. The minimum Gasteiger partial charge on any atom is -0.320 e. The molecule has 20 heavy (non-hydrogen) atoms. The summed E-state index contributed by atoms with van der Waals surface area (Å²) in [5.41, 5.74) is 10.5. The van der Waals surface area contributed by atoms with Crippen LogP contribution in [0.2, 0.25) is 5.02 Å². The number of nitrogens with one attached hydrogen (secondary N) is 2. The van der Waals surface area contributed by atoms with Gasteiger partial charge in [-0.1, -0.05) is 23.7 Å².